The minimum atomic E-state index is -1.30. The first-order chi connectivity index (χ1) is 14.1. The van der Waals surface area contributed by atoms with Crippen LogP contribution in [0.1, 0.15) is 23.1 Å². The van der Waals surface area contributed by atoms with Gasteiger partial charge in [0.1, 0.15) is 10.8 Å². The van der Waals surface area contributed by atoms with Crippen molar-refractivity contribution in [1.29, 1.82) is 0 Å². The summed E-state index contributed by atoms with van der Waals surface area (Å²) >= 11 is 6.24. The summed E-state index contributed by atoms with van der Waals surface area (Å²) < 4.78 is 13.1. The second-order valence-electron chi connectivity index (χ2n) is 7.27. The quantitative estimate of drug-likeness (QED) is 0.555. The van der Waals surface area contributed by atoms with Crippen LogP contribution in [0.2, 0.25) is 5.02 Å². The minimum Gasteiger partial charge on any atom is -0.338 e. The third-order valence-corrected chi connectivity index (χ3v) is 6.91. The fourth-order valence-corrected chi connectivity index (χ4v) is 5.16. The van der Waals surface area contributed by atoms with Crippen LogP contribution in [0.5, 0.6) is 0 Å². The van der Waals surface area contributed by atoms with Crippen LogP contribution in [0.25, 0.3) is 0 Å². The number of benzene rings is 2. The fraction of sp³-hybridized carbons (Fsp3) is 0.261. The molecule has 6 heteroatoms. The monoisotopic (exact) mass is 425 g/mol. The lowest BCUT2D eigenvalue weighted by Crippen LogP contribution is -2.29. The summed E-state index contributed by atoms with van der Waals surface area (Å²) in [5.41, 5.74) is 5.49. The van der Waals surface area contributed by atoms with E-state index in [1.807, 2.05) is 24.3 Å². The molecule has 0 spiro atoms. The average Bonchev–Trinajstić information content (AvgIpc) is 2.73. The maximum atomic E-state index is 13.1. The van der Waals surface area contributed by atoms with Crippen LogP contribution in [0.15, 0.2) is 64.6 Å². The van der Waals surface area contributed by atoms with E-state index in [-0.39, 0.29) is 0 Å². The second kappa shape index (κ2) is 8.66. The van der Waals surface area contributed by atoms with Gasteiger partial charge in [0.15, 0.2) is 5.03 Å². The smallest absolute Gasteiger partial charge is 0.155 e. The highest BCUT2D eigenvalue weighted by Crippen LogP contribution is 2.44. The van der Waals surface area contributed by atoms with Crippen LogP contribution >= 0.6 is 11.6 Å². The van der Waals surface area contributed by atoms with Crippen molar-refractivity contribution in [2.24, 2.45) is 0 Å². The zero-order chi connectivity index (χ0) is 20.4. The molecule has 1 aromatic heterocycles. The molecule has 4 nitrogen and oxygen atoms in total. The Bertz CT molecular complexity index is 1060. The van der Waals surface area contributed by atoms with Crippen LogP contribution in [0.4, 0.5) is 11.4 Å². The molecule has 1 aliphatic heterocycles. The molecule has 0 saturated heterocycles. The summed E-state index contributed by atoms with van der Waals surface area (Å²) in [6, 6.07) is 16.3. The average molecular weight is 426 g/mol. The van der Waals surface area contributed by atoms with Gasteiger partial charge in [0.25, 0.3) is 0 Å². The van der Waals surface area contributed by atoms with E-state index in [9.17, 15) is 4.21 Å². The number of fused-ring (bicyclic) bond motifs is 2. The van der Waals surface area contributed by atoms with Crippen molar-refractivity contribution in [3.8, 4) is 0 Å². The zero-order valence-electron chi connectivity index (χ0n) is 16.6. The second-order valence-corrected chi connectivity index (χ2v) is 9.07. The van der Waals surface area contributed by atoms with Gasteiger partial charge < -0.3 is 10.2 Å². The third-order valence-electron chi connectivity index (χ3n) is 5.31. The van der Waals surface area contributed by atoms with Crippen molar-refractivity contribution in [3.05, 3.63) is 76.4 Å². The summed E-state index contributed by atoms with van der Waals surface area (Å²) in [4.78, 5) is 7.46. The van der Waals surface area contributed by atoms with Gasteiger partial charge in [0, 0.05) is 19.3 Å². The van der Waals surface area contributed by atoms with Gasteiger partial charge in [-0.05, 0) is 55.6 Å². The zero-order valence-corrected chi connectivity index (χ0v) is 18.2. The molecule has 1 unspecified atom stereocenters. The number of aryl methyl sites for hydroxylation is 1. The van der Waals surface area contributed by atoms with Gasteiger partial charge in [-0.3, -0.25) is 0 Å². The minimum absolute atomic E-state index is 0.557. The molecule has 0 fully saturated rings. The number of hydrogen-bond donors (Lipinski definition) is 1. The highest BCUT2D eigenvalue weighted by atomic mass is 35.5. The maximum Gasteiger partial charge on any atom is 0.155 e. The lowest BCUT2D eigenvalue weighted by atomic mass is 10.1. The van der Waals surface area contributed by atoms with Crippen LogP contribution in [0.3, 0.4) is 0 Å². The van der Waals surface area contributed by atoms with E-state index in [2.05, 4.69) is 53.3 Å². The Labute approximate surface area is 179 Å². The van der Waals surface area contributed by atoms with Crippen molar-refractivity contribution in [2.75, 3.05) is 18.0 Å². The lowest BCUT2D eigenvalue weighted by Gasteiger charge is -2.34. The van der Waals surface area contributed by atoms with E-state index in [0.29, 0.717) is 10.0 Å². The van der Waals surface area contributed by atoms with E-state index < -0.39 is 10.8 Å². The number of anilines is 2. The molecule has 150 valence electrons. The van der Waals surface area contributed by atoms with Crippen LogP contribution in [-0.2, 0) is 17.3 Å². The van der Waals surface area contributed by atoms with E-state index in [4.69, 9.17) is 11.6 Å². The largest absolute Gasteiger partial charge is 0.338 e. The number of nitrogens with one attached hydrogen (secondary N) is 1. The van der Waals surface area contributed by atoms with E-state index in [1.54, 1.807) is 6.20 Å². The Balaban J connectivity index is 1.56. The van der Waals surface area contributed by atoms with Crippen LogP contribution in [0, 0.1) is 13.8 Å². The SMILES string of the molecule is Cc1ccc2c(c1C)N(CCCNCc1ccccc1)c1cc(Cl)cnc1S2=O. The maximum absolute atomic E-state index is 13.1. The molecule has 1 atom stereocenters. The van der Waals surface area contributed by atoms with Crippen molar-refractivity contribution in [2.45, 2.75) is 36.7 Å². The molecular weight excluding hydrogens is 402 g/mol. The normalized spacial score (nSPS) is 15.1. The molecule has 0 saturated carbocycles. The lowest BCUT2D eigenvalue weighted by molar-refractivity contribution is 0.645. The Morgan fingerprint density at radius 3 is 2.72 bits per heavy atom. The number of aromatic nitrogens is 1. The van der Waals surface area contributed by atoms with Gasteiger partial charge in [0.2, 0.25) is 0 Å². The first kappa shape index (κ1) is 20.1. The molecule has 2 heterocycles. The van der Waals surface area contributed by atoms with Crippen molar-refractivity contribution < 1.29 is 4.21 Å². The van der Waals surface area contributed by atoms with Gasteiger partial charge >= 0.3 is 0 Å². The molecule has 2 aromatic carbocycles. The van der Waals surface area contributed by atoms with Gasteiger partial charge in [-0.25, -0.2) is 9.19 Å². The Kier molecular flexibility index (Phi) is 5.99. The Hall–Kier alpha value is -2.21. The molecule has 4 rings (SSSR count). The predicted molar refractivity (Wildman–Crippen MR) is 120 cm³/mol. The summed E-state index contributed by atoms with van der Waals surface area (Å²) in [6.07, 6.45) is 2.52. The van der Waals surface area contributed by atoms with Gasteiger partial charge in [-0.15, -0.1) is 0 Å². The molecule has 1 N–H and O–H groups in total. The van der Waals surface area contributed by atoms with Gasteiger partial charge in [-0.1, -0.05) is 48.0 Å². The summed E-state index contributed by atoms with van der Waals surface area (Å²) in [5.74, 6) is 0. The molecule has 1 aliphatic rings. The molecule has 0 aliphatic carbocycles. The highest BCUT2D eigenvalue weighted by Gasteiger charge is 2.31. The third kappa shape index (κ3) is 4.08. The van der Waals surface area contributed by atoms with Crippen molar-refractivity contribution in [1.82, 2.24) is 10.3 Å². The summed E-state index contributed by atoms with van der Waals surface area (Å²) in [5, 5.41) is 4.65. The number of halogens is 1. The number of pyridine rings is 1. The molecular formula is C23H24ClN3OS. The molecule has 0 amide bonds. The summed E-state index contributed by atoms with van der Waals surface area (Å²) in [6.45, 7) is 6.71. The fourth-order valence-electron chi connectivity index (χ4n) is 3.66. The number of hydrogen-bond acceptors (Lipinski definition) is 4. The first-order valence-electron chi connectivity index (χ1n) is 9.76. The van der Waals surface area contributed by atoms with E-state index >= 15 is 0 Å². The number of rotatable bonds is 6. The van der Waals surface area contributed by atoms with Gasteiger partial charge in [-0.2, -0.15) is 0 Å². The number of nitrogens with zero attached hydrogens (tertiary/aromatic N) is 2. The Morgan fingerprint density at radius 1 is 1.14 bits per heavy atom. The molecule has 0 bridgehead atoms. The van der Waals surface area contributed by atoms with Crippen LogP contribution in [-0.4, -0.2) is 22.3 Å². The van der Waals surface area contributed by atoms with Crippen LogP contribution < -0.4 is 10.2 Å². The Morgan fingerprint density at radius 2 is 1.93 bits per heavy atom. The van der Waals surface area contributed by atoms with E-state index in [1.165, 1.54) is 11.1 Å². The van der Waals surface area contributed by atoms with Crippen molar-refractivity contribution >= 4 is 33.8 Å². The molecule has 0 radical (unpaired) electrons. The topological polar surface area (TPSA) is 45.2 Å². The highest BCUT2D eigenvalue weighted by molar-refractivity contribution is 7.85. The predicted octanol–water partition coefficient (Wildman–Crippen LogP) is 5.15. The standard InChI is InChI=1S/C23H24ClN3OS/c1-16-9-10-21-22(17(16)2)27(20-13-19(24)15-26-23(20)29(21)28)12-6-11-25-14-18-7-4-3-5-8-18/h3-5,7-10,13,15,25H,6,11-12,14H2,1-2H3. The van der Waals surface area contributed by atoms with Gasteiger partial charge in [0.05, 0.1) is 21.3 Å². The molecule has 3 aromatic rings. The molecule has 29 heavy (non-hydrogen) atoms. The van der Waals surface area contributed by atoms with Crippen molar-refractivity contribution in [3.63, 3.8) is 0 Å². The summed E-state index contributed by atoms with van der Waals surface area (Å²) in [7, 11) is -1.30. The first-order valence-corrected chi connectivity index (χ1v) is 11.3. The van der Waals surface area contributed by atoms with E-state index in [0.717, 1.165) is 47.9 Å².